The van der Waals surface area contributed by atoms with Gasteiger partial charge in [0.15, 0.2) is 0 Å². The summed E-state index contributed by atoms with van der Waals surface area (Å²) < 4.78 is 5.58. The highest BCUT2D eigenvalue weighted by Gasteiger charge is 2.15. The van der Waals surface area contributed by atoms with Crippen LogP contribution >= 0.6 is 0 Å². The maximum Gasteiger partial charge on any atom is 0.303 e. The number of carboxylic acids is 1. The van der Waals surface area contributed by atoms with Crippen LogP contribution in [0, 0.1) is 0 Å². The molecule has 7 heteroatoms. The van der Waals surface area contributed by atoms with Crippen molar-refractivity contribution in [2.75, 3.05) is 19.8 Å². The summed E-state index contributed by atoms with van der Waals surface area (Å²) in [6.07, 6.45) is 2.38. The number of aliphatic carboxylic acids is 1. The number of carbonyl (C=O) groups is 2. The van der Waals surface area contributed by atoms with Gasteiger partial charge in [-0.1, -0.05) is 67.1 Å². The number of ether oxygens (including phenoxy) is 1. The lowest BCUT2D eigenvalue weighted by atomic mass is 10.2. The van der Waals surface area contributed by atoms with Crippen LogP contribution in [0.1, 0.15) is 43.2 Å². The van der Waals surface area contributed by atoms with Crippen LogP contribution in [0.25, 0.3) is 0 Å². The molecule has 31 heavy (non-hydrogen) atoms. The van der Waals surface area contributed by atoms with E-state index in [-0.39, 0.29) is 25.4 Å². The molecule has 0 saturated carbocycles. The molecule has 0 saturated heterocycles. The fraction of sp³-hybridized carbons (Fsp3) is 0.417. The molecular formula is C24H32N2O5. The van der Waals surface area contributed by atoms with Crippen molar-refractivity contribution in [1.29, 1.82) is 0 Å². The number of carboxylic acid groups (broad SMARTS) is 1. The fourth-order valence-electron chi connectivity index (χ4n) is 2.90. The molecule has 0 bridgehead atoms. The van der Waals surface area contributed by atoms with E-state index in [1.165, 1.54) is 5.06 Å². The van der Waals surface area contributed by atoms with E-state index in [4.69, 9.17) is 14.7 Å². The Morgan fingerprint density at radius 2 is 1.48 bits per heavy atom. The molecule has 168 valence electrons. The molecule has 0 aliphatic carbocycles. The molecule has 0 spiro atoms. The molecule has 0 fully saturated rings. The van der Waals surface area contributed by atoms with E-state index < -0.39 is 5.97 Å². The molecular weight excluding hydrogens is 396 g/mol. The molecule has 0 aromatic heterocycles. The number of unbranched alkanes of at least 4 members (excludes halogenated alkanes) is 2. The molecule has 0 aliphatic rings. The SMILES string of the molecule is O=C(O)CCC(=O)N(CCCCCNCOCc1ccccc1)OCc1ccccc1. The minimum atomic E-state index is -0.989. The highest BCUT2D eigenvalue weighted by atomic mass is 16.7. The van der Waals surface area contributed by atoms with Crippen LogP contribution in [0.3, 0.4) is 0 Å². The predicted molar refractivity (Wildman–Crippen MR) is 118 cm³/mol. The number of nitrogens with zero attached hydrogens (tertiary/aromatic N) is 1. The second kappa shape index (κ2) is 15.1. The van der Waals surface area contributed by atoms with Gasteiger partial charge in [0.2, 0.25) is 5.91 Å². The minimum absolute atomic E-state index is 0.0650. The maximum atomic E-state index is 12.3. The molecule has 7 nitrogen and oxygen atoms in total. The van der Waals surface area contributed by atoms with Crippen molar-refractivity contribution >= 4 is 11.9 Å². The van der Waals surface area contributed by atoms with E-state index in [9.17, 15) is 9.59 Å². The summed E-state index contributed by atoms with van der Waals surface area (Å²) in [6.45, 7) is 2.62. The van der Waals surface area contributed by atoms with Gasteiger partial charge in [-0.25, -0.2) is 5.06 Å². The molecule has 0 heterocycles. The van der Waals surface area contributed by atoms with E-state index >= 15 is 0 Å². The van der Waals surface area contributed by atoms with E-state index in [2.05, 4.69) is 5.32 Å². The van der Waals surface area contributed by atoms with E-state index in [0.29, 0.717) is 19.9 Å². The molecule has 0 atom stereocenters. The summed E-state index contributed by atoms with van der Waals surface area (Å²) >= 11 is 0. The predicted octanol–water partition coefficient (Wildman–Crippen LogP) is 3.75. The zero-order valence-corrected chi connectivity index (χ0v) is 17.9. The standard InChI is InChI=1S/C24H32N2O5/c27-23(14-15-24(28)29)26(31-19-22-12-6-2-7-13-22)17-9-3-8-16-25-20-30-18-21-10-4-1-5-11-21/h1-2,4-7,10-13,25H,3,8-9,14-20H2,(H,28,29). The number of amides is 1. The summed E-state index contributed by atoms with van der Waals surface area (Å²) in [5.41, 5.74) is 2.10. The van der Waals surface area contributed by atoms with Gasteiger partial charge in [-0.3, -0.25) is 19.7 Å². The Bertz CT molecular complexity index is 755. The lowest BCUT2D eigenvalue weighted by molar-refractivity contribution is -0.192. The molecule has 1 amide bonds. The molecule has 0 unspecified atom stereocenters. The summed E-state index contributed by atoms with van der Waals surface area (Å²) in [4.78, 5) is 28.8. The number of rotatable bonds is 16. The molecule has 0 aliphatic heterocycles. The first-order chi connectivity index (χ1) is 15.1. The van der Waals surface area contributed by atoms with E-state index in [1.54, 1.807) is 0 Å². The van der Waals surface area contributed by atoms with Crippen molar-refractivity contribution in [3.63, 3.8) is 0 Å². The van der Waals surface area contributed by atoms with Crippen LogP contribution in [-0.2, 0) is 32.4 Å². The van der Waals surface area contributed by atoms with Crippen molar-refractivity contribution in [2.45, 2.75) is 45.3 Å². The van der Waals surface area contributed by atoms with Crippen LogP contribution in [0.5, 0.6) is 0 Å². The topological polar surface area (TPSA) is 88.1 Å². The molecule has 2 aromatic rings. The first-order valence-electron chi connectivity index (χ1n) is 10.7. The number of hydroxylamine groups is 2. The minimum Gasteiger partial charge on any atom is -0.481 e. The summed E-state index contributed by atoms with van der Waals surface area (Å²) in [7, 11) is 0. The van der Waals surface area contributed by atoms with Crippen molar-refractivity contribution in [3.05, 3.63) is 71.8 Å². The van der Waals surface area contributed by atoms with Gasteiger partial charge in [0.1, 0.15) is 6.61 Å². The smallest absolute Gasteiger partial charge is 0.303 e. The first-order valence-corrected chi connectivity index (χ1v) is 10.7. The summed E-state index contributed by atoms with van der Waals surface area (Å²) in [5, 5.41) is 13.4. The van der Waals surface area contributed by atoms with Gasteiger partial charge in [-0.15, -0.1) is 0 Å². The zero-order chi connectivity index (χ0) is 22.2. The van der Waals surface area contributed by atoms with Crippen LogP contribution in [0.4, 0.5) is 0 Å². The Kier molecular flexibility index (Phi) is 12.0. The Hall–Kier alpha value is -2.74. The number of carbonyl (C=O) groups excluding carboxylic acids is 1. The third kappa shape index (κ3) is 11.3. The average molecular weight is 429 g/mol. The largest absolute Gasteiger partial charge is 0.481 e. The highest BCUT2D eigenvalue weighted by Crippen LogP contribution is 2.08. The fourth-order valence-corrected chi connectivity index (χ4v) is 2.90. The molecule has 2 aromatic carbocycles. The monoisotopic (exact) mass is 428 g/mol. The number of hydrogen-bond donors (Lipinski definition) is 2. The van der Waals surface area contributed by atoms with Gasteiger partial charge < -0.3 is 9.84 Å². The van der Waals surface area contributed by atoms with Crippen molar-refractivity contribution < 1.29 is 24.3 Å². The Morgan fingerprint density at radius 3 is 2.13 bits per heavy atom. The molecule has 0 radical (unpaired) electrons. The lowest BCUT2D eigenvalue weighted by Crippen LogP contribution is -2.32. The Labute approximate surface area is 183 Å². The normalized spacial score (nSPS) is 10.7. The summed E-state index contributed by atoms with van der Waals surface area (Å²) in [5.74, 6) is -1.29. The van der Waals surface area contributed by atoms with Crippen molar-refractivity contribution in [1.82, 2.24) is 10.4 Å². The van der Waals surface area contributed by atoms with E-state index in [0.717, 1.165) is 36.9 Å². The van der Waals surface area contributed by atoms with E-state index in [1.807, 2.05) is 60.7 Å². The van der Waals surface area contributed by atoms with Crippen LogP contribution < -0.4 is 5.32 Å². The molecule has 2 rings (SSSR count). The second-order valence-electron chi connectivity index (χ2n) is 7.19. The Balaban J connectivity index is 1.60. The van der Waals surface area contributed by atoms with Crippen molar-refractivity contribution in [2.24, 2.45) is 0 Å². The van der Waals surface area contributed by atoms with Gasteiger partial charge in [-0.2, -0.15) is 0 Å². The third-order valence-corrected chi connectivity index (χ3v) is 4.59. The number of hydrogen-bond acceptors (Lipinski definition) is 5. The summed E-state index contributed by atoms with van der Waals surface area (Å²) in [6, 6.07) is 19.6. The maximum absolute atomic E-state index is 12.3. The number of benzene rings is 2. The molecule has 2 N–H and O–H groups in total. The quantitative estimate of drug-likeness (QED) is 0.241. The van der Waals surface area contributed by atoms with Gasteiger partial charge in [0.05, 0.1) is 19.8 Å². The zero-order valence-electron chi connectivity index (χ0n) is 17.9. The van der Waals surface area contributed by atoms with Gasteiger partial charge >= 0.3 is 5.97 Å². The van der Waals surface area contributed by atoms with Gasteiger partial charge in [0.25, 0.3) is 0 Å². The van der Waals surface area contributed by atoms with Crippen LogP contribution in [0.15, 0.2) is 60.7 Å². The third-order valence-electron chi connectivity index (χ3n) is 4.59. The van der Waals surface area contributed by atoms with Crippen molar-refractivity contribution in [3.8, 4) is 0 Å². The van der Waals surface area contributed by atoms with Gasteiger partial charge in [-0.05, 0) is 30.5 Å². The Morgan fingerprint density at radius 1 is 0.839 bits per heavy atom. The van der Waals surface area contributed by atoms with Crippen LogP contribution in [-0.4, -0.2) is 41.9 Å². The second-order valence-corrected chi connectivity index (χ2v) is 7.19. The highest BCUT2D eigenvalue weighted by molar-refractivity contribution is 5.79. The van der Waals surface area contributed by atoms with Gasteiger partial charge in [0, 0.05) is 13.0 Å². The number of nitrogens with one attached hydrogen (secondary N) is 1. The average Bonchev–Trinajstić information content (AvgIpc) is 2.79. The first kappa shape index (κ1) is 24.5. The van der Waals surface area contributed by atoms with Crippen LogP contribution in [0.2, 0.25) is 0 Å². The lowest BCUT2D eigenvalue weighted by Gasteiger charge is -2.22.